The van der Waals surface area contributed by atoms with Gasteiger partial charge in [-0.1, -0.05) is 17.7 Å². The number of hydrogen-bond acceptors (Lipinski definition) is 3. The third kappa shape index (κ3) is 3.32. The molecular weight excluding hydrogens is 292 g/mol. The first-order chi connectivity index (χ1) is 9.88. The van der Waals surface area contributed by atoms with E-state index in [4.69, 9.17) is 22.4 Å². The topological polar surface area (TPSA) is 92.4 Å². The number of carboxylic acids is 1. The van der Waals surface area contributed by atoms with Crippen molar-refractivity contribution in [1.82, 2.24) is 0 Å². The lowest BCUT2D eigenvalue weighted by Crippen LogP contribution is -2.13. The summed E-state index contributed by atoms with van der Waals surface area (Å²) in [6.45, 7) is 1.68. The molecule has 2 rings (SSSR count). The summed E-state index contributed by atoms with van der Waals surface area (Å²) in [6.07, 6.45) is 0. The Morgan fingerprint density at radius 1 is 1.24 bits per heavy atom. The van der Waals surface area contributed by atoms with Gasteiger partial charge in [0.1, 0.15) is 0 Å². The Morgan fingerprint density at radius 3 is 2.57 bits per heavy atom. The Kier molecular flexibility index (Phi) is 4.14. The summed E-state index contributed by atoms with van der Waals surface area (Å²) in [7, 11) is 0. The fraction of sp³-hybridized carbons (Fsp3) is 0.0667. The van der Waals surface area contributed by atoms with E-state index in [1.165, 1.54) is 12.1 Å². The predicted octanol–water partition coefficient (Wildman–Crippen LogP) is 3.18. The summed E-state index contributed by atoms with van der Waals surface area (Å²) >= 11 is 5.83. The first-order valence-corrected chi connectivity index (χ1v) is 6.46. The fourth-order valence-corrected chi connectivity index (χ4v) is 2.07. The van der Waals surface area contributed by atoms with Gasteiger partial charge in [-0.3, -0.25) is 4.79 Å². The molecule has 0 aliphatic heterocycles. The number of nitrogens with two attached hydrogens (primary N) is 1. The quantitative estimate of drug-likeness (QED) is 0.759. The third-order valence-electron chi connectivity index (χ3n) is 2.96. The van der Waals surface area contributed by atoms with Crippen molar-refractivity contribution in [3.05, 3.63) is 58.1 Å². The van der Waals surface area contributed by atoms with Gasteiger partial charge in [0, 0.05) is 22.0 Å². The number of nitrogen functional groups attached to an aromatic ring is 1. The summed E-state index contributed by atoms with van der Waals surface area (Å²) in [4.78, 5) is 23.2. The van der Waals surface area contributed by atoms with E-state index in [9.17, 15) is 9.59 Å². The van der Waals surface area contributed by atoms with Gasteiger partial charge in [-0.25, -0.2) is 4.79 Å². The highest BCUT2D eigenvalue weighted by Gasteiger charge is 2.13. The number of rotatable bonds is 3. The Bertz CT molecular complexity index is 729. The first kappa shape index (κ1) is 14.9. The molecule has 0 aliphatic rings. The van der Waals surface area contributed by atoms with Crippen LogP contribution in [0.25, 0.3) is 0 Å². The van der Waals surface area contributed by atoms with Crippen LogP contribution in [0.1, 0.15) is 26.3 Å². The van der Waals surface area contributed by atoms with Crippen LogP contribution < -0.4 is 11.1 Å². The Labute approximate surface area is 126 Å². The molecule has 108 valence electrons. The molecule has 2 aromatic carbocycles. The predicted molar refractivity (Wildman–Crippen MR) is 82.0 cm³/mol. The molecule has 0 atom stereocenters. The van der Waals surface area contributed by atoms with Crippen molar-refractivity contribution in [2.45, 2.75) is 6.92 Å². The number of aromatic carboxylic acids is 1. The molecule has 0 spiro atoms. The minimum Gasteiger partial charge on any atom is -0.478 e. The van der Waals surface area contributed by atoms with E-state index >= 15 is 0 Å². The van der Waals surface area contributed by atoms with Crippen molar-refractivity contribution in [1.29, 1.82) is 0 Å². The van der Waals surface area contributed by atoms with Gasteiger partial charge in [-0.15, -0.1) is 0 Å². The van der Waals surface area contributed by atoms with Crippen LogP contribution in [-0.2, 0) is 0 Å². The standard InChI is InChI=1S/C15H13ClN2O3/c1-8-5-11(7-12(13(8)17)15(20)21)18-14(19)9-3-2-4-10(16)6-9/h2-7H,17H2,1H3,(H,18,19)(H,20,21). The molecule has 0 unspecified atom stereocenters. The summed E-state index contributed by atoms with van der Waals surface area (Å²) in [5.74, 6) is -1.52. The zero-order valence-corrected chi connectivity index (χ0v) is 11.9. The van der Waals surface area contributed by atoms with Crippen LogP contribution in [0.15, 0.2) is 36.4 Å². The van der Waals surface area contributed by atoms with Crippen LogP contribution >= 0.6 is 11.6 Å². The average molecular weight is 305 g/mol. The van der Waals surface area contributed by atoms with Crippen LogP contribution in [0, 0.1) is 6.92 Å². The second kappa shape index (κ2) is 5.85. The van der Waals surface area contributed by atoms with E-state index in [2.05, 4.69) is 5.32 Å². The average Bonchev–Trinajstić information content (AvgIpc) is 2.42. The number of carbonyl (C=O) groups excluding carboxylic acids is 1. The zero-order chi connectivity index (χ0) is 15.6. The van der Waals surface area contributed by atoms with Gasteiger partial charge < -0.3 is 16.2 Å². The number of benzene rings is 2. The van der Waals surface area contributed by atoms with Crippen LogP contribution in [0.5, 0.6) is 0 Å². The van der Waals surface area contributed by atoms with E-state index in [-0.39, 0.29) is 17.2 Å². The van der Waals surface area contributed by atoms with Gasteiger partial charge in [0.2, 0.25) is 0 Å². The van der Waals surface area contributed by atoms with E-state index < -0.39 is 5.97 Å². The fourth-order valence-electron chi connectivity index (χ4n) is 1.88. The van der Waals surface area contributed by atoms with Gasteiger partial charge in [0.05, 0.1) is 5.56 Å². The highest BCUT2D eigenvalue weighted by Crippen LogP contribution is 2.23. The summed E-state index contributed by atoms with van der Waals surface area (Å²) in [5, 5.41) is 12.2. The van der Waals surface area contributed by atoms with Crippen molar-refractivity contribution in [3.63, 3.8) is 0 Å². The first-order valence-electron chi connectivity index (χ1n) is 6.09. The normalized spacial score (nSPS) is 10.2. The lowest BCUT2D eigenvalue weighted by Gasteiger charge is -2.10. The number of carbonyl (C=O) groups is 2. The summed E-state index contributed by atoms with van der Waals surface area (Å²) in [6, 6.07) is 9.41. The maximum atomic E-state index is 12.1. The van der Waals surface area contributed by atoms with Gasteiger partial charge in [-0.2, -0.15) is 0 Å². The number of hydrogen-bond donors (Lipinski definition) is 3. The molecule has 5 nitrogen and oxygen atoms in total. The maximum absolute atomic E-state index is 12.1. The molecule has 0 heterocycles. The van der Waals surface area contributed by atoms with Crippen molar-refractivity contribution in [3.8, 4) is 0 Å². The van der Waals surface area contributed by atoms with Crippen LogP contribution in [0.2, 0.25) is 5.02 Å². The van der Waals surface area contributed by atoms with Crippen molar-refractivity contribution in [2.24, 2.45) is 0 Å². The largest absolute Gasteiger partial charge is 0.478 e. The molecule has 0 fully saturated rings. The molecule has 0 aliphatic carbocycles. The number of anilines is 2. The monoisotopic (exact) mass is 304 g/mol. The molecule has 0 bridgehead atoms. The minimum absolute atomic E-state index is 0.0450. The smallest absolute Gasteiger partial charge is 0.337 e. The second-order valence-electron chi connectivity index (χ2n) is 4.52. The minimum atomic E-state index is -1.14. The number of carboxylic acid groups (broad SMARTS) is 1. The molecule has 21 heavy (non-hydrogen) atoms. The Balaban J connectivity index is 2.32. The molecule has 2 aromatic rings. The number of nitrogens with one attached hydrogen (secondary N) is 1. The van der Waals surface area contributed by atoms with Crippen molar-refractivity contribution in [2.75, 3.05) is 11.1 Å². The molecule has 0 radical (unpaired) electrons. The zero-order valence-electron chi connectivity index (χ0n) is 11.2. The number of halogens is 1. The highest BCUT2D eigenvalue weighted by atomic mass is 35.5. The SMILES string of the molecule is Cc1cc(NC(=O)c2cccc(Cl)c2)cc(C(=O)O)c1N. The highest BCUT2D eigenvalue weighted by molar-refractivity contribution is 6.31. The Hall–Kier alpha value is -2.53. The van der Waals surface area contributed by atoms with Gasteiger partial charge in [0.15, 0.2) is 0 Å². The Morgan fingerprint density at radius 2 is 1.95 bits per heavy atom. The molecule has 6 heteroatoms. The molecule has 0 saturated carbocycles. The van der Waals surface area contributed by atoms with Gasteiger partial charge >= 0.3 is 5.97 Å². The summed E-state index contributed by atoms with van der Waals surface area (Å²) < 4.78 is 0. The summed E-state index contributed by atoms with van der Waals surface area (Å²) in [5.41, 5.74) is 7.17. The van der Waals surface area contributed by atoms with E-state index in [0.717, 1.165) is 0 Å². The van der Waals surface area contributed by atoms with Crippen LogP contribution in [-0.4, -0.2) is 17.0 Å². The van der Waals surface area contributed by atoms with Crippen molar-refractivity contribution < 1.29 is 14.7 Å². The lowest BCUT2D eigenvalue weighted by molar-refractivity contribution is 0.0697. The van der Waals surface area contributed by atoms with Crippen LogP contribution in [0.3, 0.4) is 0 Å². The van der Waals surface area contributed by atoms with Gasteiger partial charge in [0.25, 0.3) is 5.91 Å². The second-order valence-corrected chi connectivity index (χ2v) is 4.96. The van der Waals surface area contributed by atoms with E-state index in [1.807, 2.05) is 0 Å². The number of aryl methyl sites for hydroxylation is 1. The maximum Gasteiger partial charge on any atom is 0.337 e. The number of amides is 1. The molecule has 4 N–H and O–H groups in total. The third-order valence-corrected chi connectivity index (χ3v) is 3.20. The molecule has 0 saturated heterocycles. The molecular formula is C15H13ClN2O3. The molecule has 1 amide bonds. The van der Waals surface area contributed by atoms with Gasteiger partial charge in [-0.05, 0) is 42.8 Å². The van der Waals surface area contributed by atoms with E-state index in [1.54, 1.807) is 31.2 Å². The van der Waals surface area contributed by atoms with Crippen molar-refractivity contribution >= 4 is 34.9 Å². The van der Waals surface area contributed by atoms with E-state index in [0.29, 0.717) is 21.8 Å². The molecule has 0 aromatic heterocycles. The lowest BCUT2D eigenvalue weighted by atomic mass is 10.1. The van der Waals surface area contributed by atoms with Crippen LogP contribution in [0.4, 0.5) is 11.4 Å².